The van der Waals surface area contributed by atoms with Gasteiger partial charge in [0.2, 0.25) is 0 Å². The highest BCUT2D eigenvalue weighted by Gasteiger charge is 2.52. The van der Waals surface area contributed by atoms with Gasteiger partial charge in [-0.15, -0.1) is 0 Å². The van der Waals surface area contributed by atoms with Crippen molar-refractivity contribution in [2.24, 2.45) is 0 Å². The minimum absolute atomic E-state index is 0.149. The van der Waals surface area contributed by atoms with Gasteiger partial charge in [-0.25, -0.2) is 4.79 Å². The van der Waals surface area contributed by atoms with Gasteiger partial charge >= 0.3 is 13.1 Å². The molecule has 1 heterocycles. The predicted molar refractivity (Wildman–Crippen MR) is 89.5 cm³/mol. The Balaban J connectivity index is 2.52. The van der Waals surface area contributed by atoms with Crippen LogP contribution in [0.15, 0.2) is 12.1 Å². The normalized spacial score (nSPS) is 18.5. The summed E-state index contributed by atoms with van der Waals surface area (Å²) in [4.78, 5) is 23.0. The van der Waals surface area contributed by atoms with Gasteiger partial charge in [0.1, 0.15) is 0 Å². The Labute approximate surface area is 141 Å². The SMILES string of the molecule is CCOC(=O)c1cc(B2OC(C)(C)C(C)(C)O2)cc([N+](=O)[O-])c1C. The number of rotatable bonds is 4. The van der Waals surface area contributed by atoms with Crippen LogP contribution in [0, 0.1) is 17.0 Å². The first-order valence-electron chi connectivity index (χ1n) is 7.82. The molecule has 130 valence electrons. The molecule has 1 aromatic carbocycles. The lowest BCUT2D eigenvalue weighted by Gasteiger charge is -2.32. The average molecular weight is 335 g/mol. The maximum absolute atomic E-state index is 12.1. The summed E-state index contributed by atoms with van der Waals surface area (Å²) < 4.78 is 16.8. The van der Waals surface area contributed by atoms with E-state index >= 15 is 0 Å². The van der Waals surface area contributed by atoms with Crippen molar-refractivity contribution in [3.05, 3.63) is 33.4 Å². The molecule has 1 saturated heterocycles. The van der Waals surface area contributed by atoms with Crippen LogP contribution in [0.5, 0.6) is 0 Å². The lowest BCUT2D eigenvalue weighted by atomic mass is 9.77. The van der Waals surface area contributed by atoms with E-state index in [1.807, 2.05) is 27.7 Å². The predicted octanol–water partition coefficient (Wildman–Crippen LogP) is 2.38. The maximum Gasteiger partial charge on any atom is 0.495 e. The van der Waals surface area contributed by atoms with Crippen LogP contribution in [0.3, 0.4) is 0 Å². The minimum Gasteiger partial charge on any atom is -0.462 e. The molecule has 0 amide bonds. The molecule has 2 rings (SSSR count). The zero-order chi connectivity index (χ0) is 18.3. The zero-order valence-corrected chi connectivity index (χ0v) is 14.8. The van der Waals surface area contributed by atoms with Gasteiger partial charge in [-0.05, 0) is 53.1 Å². The van der Waals surface area contributed by atoms with Gasteiger partial charge in [0.05, 0.1) is 28.3 Å². The molecule has 24 heavy (non-hydrogen) atoms. The van der Waals surface area contributed by atoms with E-state index in [-0.39, 0.29) is 23.4 Å². The molecule has 1 fully saturated rings. The molecule has 0 aliphatic carbocycles. The first kappa shape index (κ1) is 18.4. The van der Waals surface area contributed by atoms with Crippen molar-refractivity contribution in [2.75, 3.05) is 6.61 Å². The van der Waals surface area contributed by atoms with Crippen LogP contribution < -0.4 is 5.46 Å². The lowest BCUT2D eigenvalue weighted by molar-refractivity contribution is -0.385. The van der Waals surface area contributed by atoms with Gasteiger partial charge in [0.25, 0.3) is 5.69 Å². The Kier molecular flexibility index (Phi) is 4.74. The Bertz CT molecular complexity index is 669. The van der Waals surface area contributed by atoms with Crippen LogP contribution in [-0.2, 0) is 14.0 Å². The van der Waals surface area contributed by atoms with E-state index in [1.165, 1.54) is 13.0 Å². The fraction of sp³-hybridized carbons (Fsp3) is 0.562. The molecule has 0 N–H and O–H groups in total. The summed E-state index contributed by atoms with van der Waals surface area (Å²) in [6.07, 6.45) is 0. The van der Waals surface area contributed by atoms with Crippen molar-refractivity contribution in [2.45, 2.75) is 52.7 Å². The van der Waals surface area contributed by atoms with E-state index in [9.17, 15) is 14.9 Å². The van der Waals surface area contributed by atoms with E-state index in [0.29, 0.717) is 5.46 Å². The average Bonchev–Trinajstić information content (AvgIpc) is 2.67. The van der Waals surface area contributed by atoms with Crippen molar-refractivity contribution in [3.63, 3.8) is 0 Å². The Morgan fingerprint density at radius 1 is 1.25 bits per heavy atom. The first-order valence-corrected chi connectivity index (χ1v) is 7.82. The third kappa shape index (κ3) is 3.16. The molecule has 0 atom stereocenters. The van der Waals surface area contributed by atoms with Crippen molar-refractivity contribution in [3.8, 4) is 0 Å². The third-order valence-electron chi connectivity index (χ3n) is 4.62. The fourth-order valence-corrected chi connectivity index (χ4v) is 2.45. The summed E-state index contributed by atoms with van der Waals surface area (Å²) in [7, 11) is -0.789. The molecule has 0 saturated carbocycles. The number of nitrogens with zero attached hydrogens (tertiary/aromatic N) is 1. The molecule has 0 bridgehead atoms. The van der Waals surface area contributed by atoms with Crippen molar-refractivity contribution < 1.29 is 23.8 Å². The summed E-state index contributed by atoms with van der Waals surface area (Å²) in [5.74, 6) is -0.600. The van der Waals surface area contributed by atoms with E-state index in [2.05, 4.69) is 0 Å². The van der Waals surface area contributed by atoms with Crippen LogP contribution in [0.1, 0.15) is 50.5 Å². The molecular weight excluding hydrogens is 313 g/mol. The summed E-state index contributed by atoms with van der Waals surface area (Å²) in [5.41, 5.74) is -0.489. The highest BCUT2D eigenvalue weighted by atomic mass is 16.7. The number of hydrogen-bond acceptors (Lipinski definition) is 6. The van der Waals surface area contributed by atoms with Crippen molar-refractivity contribution in [1.29, 1.82) is 0 Å². The minimum atomic E-state index is -0.789. The summed E-state index contributed by atoms with van der Waals surface area (Å²) in [5, 5.41) is 11.3. The zero-order valence-electron chi connectivity index (χ0n) is 14.8. The van der Waals surface area contributed by atoms with Gasteiger partial charge in [0, 0.05) is 11.6 Å². The van der Waals surface area contributed by atoms with Gasteiger partial charge in [-0.3, -0.25) is 10.1 Å². The molecule has 1 aliphatic heterocycles. The number of ether oxygens (including phenoxy) is 1. The quantitative estimate of drug-likeness (QED) is 0.363. The van der Waals surface area contributed by atoms with Gasteiger partial charge < -0.3 is 14.0 Å². The molecule has 0 unspecified atom stereocenters. The van der Waals surface area contributed by atoms with E-state index in [1.54, 1.807) is 13.0 Å². The van der Waals surface area contributed by atoms with Crippen LogP contribution in [0.2, 0.25) is 0 Å². The molecule has 0 radical (unpaired) electrons. The standard InChI is InChI=1S/C16H22BNO6/c1-7-22-14(19)12-8-11(9-13(10(12)2)18(20)21)17-23-15(3,4)16(5,6)24-17/h8-9H,7H2,1-6H3. The molecule has 0 spiro atoms. The highest BCUT2D eigenvalue weighted by molar-refractivity contribution is 6.62. The molecule has 1 aromatic rings. The largest absolute Gasteiger partial charge is 0.495 e. The van der Waals surface area contributed by atoms with Gasteiger partial charge in [-0.1, -0.05) is 0 Å². The molecule has 1 aliphatic rings. The van der Waals surface area contributed by atoms with Crippen LogP contribution in [-0.4, -0.2) is 35.8 Å². The fourth-order valence-electron chi connectivity index (χ4n) is 2.45. The second kappa shape index (κ2) is 6.18. The van der Waals surface area contributed by atoms with Crippen LogP contribution in [0.4, 0.5) is 5.69 Å². The summed E-state index contributed by atoms with van der Waals surface area (Å²) >= 11 is 0. The Morgan fingerprint density at radius 2 is 1.79 bits per heavy atom. The smallest absolute Gasteiger partial charge is 0.462 e. The van der Waals surface area contributed by atoms with Crippen LogP contribution in [0.25, 0.3) is 0 Å². The second-order valence-electron chi connectivity index (χ2n) is 6.78. The van der Waals surface area contributed by atoms with E-state index in [0.717, 1.165) is 0 Å². The number of carbonyl (C=O) groups excluding carboxylic acids is 1. The number of hydrogen-bond donors (Lipinski definition) is 0. The topological polar surface area (TPSA) is 87.9 Å². The molecular formula is C16H22BNO6. The number of nitro benzene ring substituents is 1. The molecule has 0 aromatic heterocycles. The molecule has 7 nitrogen and oxygen atoms in total. The highest BCUT2D eigenvalue weighted by Crippen LogP contribution is 2.37. The lowest BCUT2D eigenvalue weighted by Crippen LogP contribution is -2.41. The van der Waals surface area contributed by atoms with E-state index < -0.39 is 29.2 Å². The number of benzene rings is 1. The molecule has 8 heteroatoms. The second-order valence-corrected chi connectivity index (χ2v) is 6.78. The van der Waals surface area contributed by atoms with E-state index in [4.69, 9.17) is 14.0 Å². The Hall–Kier alpha value is -1.93. The van der Waals surface area contributed by atoms with Gasteiger partial charge in [0.15, 0.2) is 0 Å². The summed E-state index contributed by atoms with van der Waals surface area (Å²) in [6, 6.07) is 2.93. The van der Waals surface area contributed by atoms with Gasteiger partial charge in [-0.2, -0.15) is 0 Å². The first-order chi connectivity index (χ1) is 11.0. The maximum atomic E-state index is 12.1. The van der Waals surface area contributed by atoms with Crippen LogP contribution >= 0.6 is 0 Å². The Morgan fingerprint density at radius 3 is 2.25 bits per heavy atom. The van der Waals surface area contributed by atoms with Crippen molar-refractivity contribution in [1.82, 2.24) is 0 Å². The van der Waals surface area contributed by atoms with Crippen molar-refractivity contribution >= 4 is 24.2 Å². The number of nitro groups is 1. The monoisotopic (exact) mass is 335 g/mol. The number of esters is 1. The third-order valence-corrected chi connectivity index (χ3v) is 4.62. The summed E-state index contributed by atoms with van der Waals surface area (Å²) in [6.45, 7) is 11.0. The number of carbonyl (C=O) groups is 1.